The second-order valence-electron chi connectivity index (χ2n) is 11.1. The van der Waals surface area contributed by atoms with Crippen molar-refractivity contribution in [2.75, 3.05) is 39.8 Å². The molecule has 40 heavy (non-hydrogen) atoms. The van der Waals surface area contributed by atoms with Crippen LogP contribution in [0.25, 0.3) is 10.8 Å². The molecule has 2 heterocycles. The van der Waals surface area contributed by atoms with E-state index in [4.69, 9.17) is 9.84 Å². The Morgan fingerprint density at radius 3 is 2.35 bits per heavy atom. The molecular weight excluding hydrogens is 504 g/mol. The summed E-state index contributed by atoms with van der Waals surface area (Å²) in [5.41, 5.74) is 3.20. The fourth-order valence-corrected chi connectivity index (χ4v) is 5.83. The van der Waals surface area contributed by atoms with Gasteiger partial charge in [-0.05, 0) is 90.4 Å². The molecule has 2 aliphatic rings. The number of likely N-dealkylation sites (tertiary alicyclic amines) is 2. The highest BCUT2D eigenvalue weighted by atomic mass is 16.5. The van der Waals surface area contributed by atoms with Crippen molar-refractivity contribution in [1.29, 1.82) is 0 Å². The zero-order valence-corrected chi connectivity index (χ0v) is 23.3. The average molecular weight is 545 g/mol. The lowest BCUT2D eigenvalue weighted by Gasteiger charge is -2.32. The monoisotopic (exact) mass is 544 g/mol. The summed E-state index contributed by atoms with van der Waals surface area (Å²) in [7, 11) is 1.61. The average Bonchev–Trinajstić information content (AvgIpc) is 2.98. The highest BCUT2D eigenvalue weighted by molar-refractivity contribution is 5.94. The molecule has 2 amide bonds. The number of carboxylic acid groups (broad SMARTS) is 1. The van der Waals surface area contributed by atoms with Gasteiger partial charge in [0.25, 0.3) is 5.91 Å². The van der Waals surface area contributed by atoms with Crippen LogP contribution in [0.4, 0.5) is 4.79 Å². The smallest absolute Gasteiger partial charge is 0.407 e. The number of ether oxygens (including phenoxy) is 1. The molecule has 0 bridgehead atoms. The van der Waals surface area contributed by atoms with E-state index < -0.39 is 6.09 Å². The molecule has 5 rings (SSSR count). The van der Waals surface area contributed by atoms with Crippen LogP contribution in [0, 0.1) is 5.92 Å². The fourth-order valence-electron chi connectivity index (χ4n) is 5.83. The third-order valence-electron chi connectivity index (χ3n) is 8.28. The Morgan fingerprint density at radius 1 is 0.900 bits per heavy atom. The number of benzene rings is 3. The summed E-state index contributed by atoms with van der Waals surface area (Å²) < 4.78 is 5.24. The Morgan fingerprint density at radius 2 is 1.62 bits per heavy atom. The van der Waals surface area contributed by atoms with Gasteiger partial charge in [-0.2, -0.15) is 0 Å². The van der Waals surface area contributed by atoms with Crippen LogP contribution in [-0.4, -0.2) is 72.8 Å². The number of methoxy groups -OCH3 is 1. The van der Waals surface area contributed by atoms with E-state index in [2.05, 4.69) is 51.9 Å². The molecule has 3 aromatic rings. The van der Waals surface area contributed by atoms with Crippen molar-refractivity contribution in [2.45, 2.75) is 44.8 Å². The fraction of sp³-hybridized carbons (Fsp3) is 0.438. The minimum absolute atomic E-state index is 0.0410. The molecular formula is C32H40N4O4. The van der Waals surface area contributed by atoms with Crippen molar-refractivity contribution in [3.63, 3.8) is 0 Å². The van der Waals surface area contributed by atoms with Gasteiger partial charge in [-0.15, -0.1) is 0 Å². The van der Waals surface area contributed by atoms with Gasteiger partial charge < -0.3 is 25.4 Å². The van der Waals surface area contributed by atoms with Crippen LogP contribution in [0.2, 0.25) is 0 Å². The van der Waals surface area contributed by atoms with Crippen LogP contribution in [-0.2, 0) is 13.1 Å². The quantitative estimate of drug-likeness (QED) is 0.361. The highest BCUT2D eigenvalue weighted by Crippen LogP contribution is 2.22. The molecule has 2 aliphatic heterocycles. The lowest BCUT2D eigenvalue weighted by molar-refractivity contribution is 0.0908. The van der Waals surface area contributed by atoms with E-state index >= 15 is 0 Å². The maximum absolute atomic E-state index is 12.7. The zero-order chi connectivity index (χ0) is 27.9. The van der Waals surface area contributed by atoms with Crippen molar-refractivity contribution in [3.05, 3.63) is 77.4 Å². The Kier molecular flexibility index (Phi) is 9.19. The van der Waals surface area contributed by atoms with Crippen molar-refractivity contribution in [2.24, 2.45) is 5.92 Å². The van der Waals surface area contributed by atoms with E-state index in [0.29, 0.717) is 30.3 Å². The number of piperidine rings is 2. The number of nitrogens with zero attached hydrogens (tertiary/aromatic N) is 2. The Balaban J connectivity index is 1.08. The lowest BCUT2D eigenvalue weighted by atomic mass is 9.97. The predicted octanol–water partition coefficient (Wildman–Crippen LogP) is 4.72. The zero-order valence-electron chi connectivity index (χ0n) is 23.3. The number of hydrogen-bond donors (Lipinski definition) is 3. The first kappa shape index (κ1) is 27.9. The van der Waals surface area contributed by atoms with Crippen molar-refractivity contribution < 1.29 is 19.4 Å². The van der Waals surface area contributed by atoms with Gasteiger partial charge in [0, 0.05) is 50.9 Å². The maximum Gasteiger partial charge on any atom is 0.407 e. The molecule has 2 fully saturated rings. The molecule has 0 saturated carbocycles. The minimum atomic E-state index is -0.805. The SMILES string of the molecule is COc1cccc(C(=O)NC2CCN(Cc3ccc4ccc(CNCC5CCN(C(=O)O)CC5)cc4c3)CC2)c1. The molecule has 0 atom stereocenters. The number of hydrogen-bond acceptors (Lipinski definition) is 5. The van der Waals surface area contributed by atoms with E-state index in [0.717, 1.165) is 58.4 Å². The molecule has 8 heteroatoms. The van der Waals surface area contributed by atoms with Crippen LogP contribution in [0.15, 0.2) is 60.7 Å². The van der Waals surface area contributed by atoms with Gasteiger partial charge in [0.15, 0.2) is 0 Å². The molecule has 0 spiro atoms. The molecule has 2 saturated heterocycles. The summed E-state index contributed by atoms with van der Waals surface area (Å²) >= 11 is 0. The molecule has 0 radical (unpaired) electrons. The number of nitrogens with one attached hydrogen (secondary N) is 2. The first-order chi connectivity index (χ1) is 19.5. The standard InChI is InChI=1S/C32H40N4O4/c1-40-30-4-2-3-27(19-30)31(37)34-29-11-13-35(14-12-29)22-25-6-8-26-7-5-24(17-28(26)18-25)21-33-20-23-9-15-36(16-10-23)32(38)39/h2-8,17-19,23,29,33H,9-16,20-22H2,1H3,(H,34,37)(H,38,39). The number of amides is 2. The van der Waals surface area contributed by atoms with Crippen LogP contribution in [0.3, 0.4) is 0 Å². The number of rotatable bonds is 9. The van der Waals surface area contributed by atoms with E-state index in [1.165, 1.54) is 26.8 Å². The first-order valence-corrected chi connectivity index (χ1v) is 14.3. The third-order valence-corrected chi connectivity index (χ3v) is 8.28. The summed E-state index contributed by atoms with van der Waals surface area (Å²) in [6.45, 7) is 5.82. The van der Waals surface area contributed by atoms with E-state index in [1.54, 1.807) is 13.2 Å². The van der Waals surface area contributed by atoms with Crippen molar-refractivity contribution in [1.82, 2.24) is 20.4 Å². The van der Waals surface area contributed by atoms with Gasteiger partial charge >= 0.3 is 6.09 Å². The summed E-state index contributed by atoms with van der Waals surface area (Å²) in [4.78, 5) is 27.8. The molecule has 0 aromatic heterocycles. The molecule has 0 aliphatic carbocycles. The van der Waals surface area contributed by atoms with Crippen molar-refractivity contribution in [3.8, 4) is 5.75 Å². The largest absolute Gasteiger partial charge is 0.497 e. The maximum atomic E-state index is 12.7. The summed E-state index contributed by atoms with van der Waals surface area (Å²) in [5.74, 6) is 1.18. The Hall–Kier alpha value is -3.62. The molecule has 3 N–H and O–H groups in total. The van der Waals surface area contributed by atoms with Gasteiger partial charge in [-0.1, -0.05) is 30.3 Å². The van der Waals surface area contributed by atoms with E-state index in [9.17, 15) is 9.59 Å². The van der Waals surface area contributed by atoms with Crippen LogP contribution in [0.1, 0.15) is 47.2 Å². The number of carbonyl (C=O) groups is 2. The second kappa shape index (κ2) is 13.2. The van der Waals surface area contributed by atoms with Gasteiger partial charge in [0.2, 0.25) is 0 Å². The van der Waals surface area contributed by atoms with Gasteiger partial charge in [-0.25, -0.2) is 4.79 Å². The normalized spacial score (nSPS) is 17.2. The van der Waals surface area contributed by atoms with Crippen LogP contribution < -0.4 is 15.4 Å². The molecule has 8 nitrogen and oxygen atoms in total. The highest BCUT2D eigenvalue weighted by Gasteiger charge is 2.23. The van der Waals surface area contributed by atoms with Gasteiger partial charge in [-0.3, -0.25) is 9.69 Å². The predicted molar refractivity (Wildman–Crippen MR) is 157 cm³/mol. The summed E-state index contributed by atoms with van der Waals surface area (Å²) in [5, 5.41) is 18.4. The number of carbonyl (C=O) groups excluding carboxylic acids is 1. The second-order valence-corrected chi connectivity index (χ2v) is 11.1. The summed E-state index contributed by atoms with van der Waals surface area (Å²) in [6, 6.07) is 20.9. The Bertz CT molecular complexity index is 1310. The topological polar surface area (TPSA) is 94.1 Å². The van der Waals surface area contributed by atoms with E-state index in [1.807, 2.05) is 18.2 Å². The van der Waals surface area contributed by atoms with Crippen LogP contribution >= 0.6 is 0 Å². The third kappa shape index (κ3) is 7.31. The first-order valence-electron chi connectivity index (χ1n) is 14.3. The molecule has 212 valence electrons. The number of fused-ring (bicyclic) bond motifs is 1. The van der Waals surface area contributed by atoms with E-state index in [-0.39, 0.29) is 11.9 Å². The lowest BCUT2D eigenvalue weighted by Crippen LogP contribution is -2.44. The van der Waals surface area contributed by atoms with Crippen LogP contribution in [0.5, 0.6) is 5.75 Å². The van der Waals surface area contributed by atoms with Gasteiger partial charge in [0.1, 0.15) is 5.75 Å². The van der Waals surface area contributed by atoms with Crippen molar-refractivity contribution >= 4 is 22.8 Å². The molecule has 0 unspecified atom stereocenters. The molecule has 3 aromatic carbocycles. The Labute approximate surface area is 236 Å². The minimum Gasteiger partial charge on any atom is -0.497 e. The van der Waals surface area contributed by atoms with Gasteiger partial charge in [0.05, 0.1) is 7.11 Å². The summed E-state index contributed by atoms with van der Waals surface area (Å²) in [6.07, 6.45) is 2.92.